The molecule has 0 bridgehead atoms. The van der Waals surface area contributed by atoms with Gasteiger partial charge in [-0.2, -0.15) is 9.67 Å². The van der Waals surface area contributed by atoms with Crippen molar-refractivity contribution in [2.75, 3.05) is 24.9 Å². The van der Waals surface area contributed by atoms with Gasteiger partial charge in [-0.15, -0.1) is 5.10 Å². The second kappa shape index (κ2) is 10.5. The van der Waals surface area contributed by atoms with Crippen LogP contribution in [0.3, 0.4) is 0 Å². The normalized spacial score (nSPS) is 10.6. The van der Waals surface area contributed by atoms with Gasteiger partial charge in [-0.3, -0.25) is 4.79 Å². The van der Waals surface area contributed by atoms with Crippen molar-refractivity contribution in [2.45, 2.75) is 20.0 Å². The molecule has 8 heteroatoms. The lowest BCUT2D eigenvalue weighted by atomic mass is 10.1. The zero-order valence-corrected chi connectivity index (χ0v) is 19.4. The lowest BCUT2D eigenvalue weighted by Crippen LogP contribution is -2.17. The lowest BCUT2D eigenvalue weighted by Gasteiger charge is -2.08. The molecule has 0 spiro atoms. The van der Waals surface area contributed by atoms with E-state index in [1.165, 1.54) is 4.68 Å². The van der Waals surface area contributed by atoms with E-state index in [1.54, 1.807) is 20.3 Å². The van der Waals surface area contributed by atoms with E-state index < -0.39 is 0 Å². The third-order valence-corrected chi connectivity index (χ3v) is 5.28. The first-order valence-corrected chi connectivity index (χ1v) is 10.9. The van der Waals surface area contributed by atoms with Gasteiger partial charge in [0.15, 0.2) is 0 Å². The molecule has 0 aliphatic rings. The summed E-state index contributed by atoms with van der Waals surface area (Å²) in [6, 6.07) is 22.8. The summed E-state index contributed by atoms with van der Waals surface area (Å²) in [4.78, 5) is 17.8. The zero-order chi connectivity index (χ0) is 23.9. The number of aromatic nitrogens is 3. The lowest BCUT2D eigenvalue weighted by molar-refractivity contribution is 0.0947. The molecule has 3 aromatic carbocycles. The number of nitrogens with zero attached hydrogens (tertiary/aromatic N) is 3. The Hall–Kier alpha value is -4.33. The molecule has 34 heavy (non-hydrogen) atoms. The molecule has 0 unspecified atom stereocenters. The third kappa shape index (κ3) is 5.53. The highest BCUT2D eigenvalue weighted by atomic mass is 16.5. The van der Waals surface area contributed by atoms with Gasteiger partial charge >= 0.3 is 0 Å². The Labute approximate surface area is 198 Å². The van der Waals surface area contributed by atoms with Crippen molar-refractivity contribution in [2.24, 2.45) is 0 Å². The first-order valence-electron chi connectivity index (χ1n) is 10.9. The molecule has 8 nitrogen and oxygen atoms in total. The summed E-state index contributed by atoms with van der Waals surface area (Å²) in [5.41, 5.74) is 3.59. The van der Waals surface area contributed by atoms with Crippen LogP contribution >= 0.6 is 0 Å². The summed E-state index contributed by atoms with van der Waals surface area (Å²) in [5, 5.41) is 10.9. The summed E-state index contributed by atoms with van der Waals surface area (Å²) < 4.78 is 11.7. The Morgan fingerprint density at radius 2 is 1.44 bits per heavy atom. The SMILES string of the molecule is COc1ccc(CNc2nc(NCc3ccc(OC)cc3)n(C(=O)c3cccc(C)c3)n2)cc1. The van der Waals surface area contributed by atoms with Gasteiger partial charge in [0.05, 0.1) is 14.2 Å². The number of rotatable bonds is 9. The maximum absolute atomic E-state index is 13.2. The molecule has 0 fully saturated rings. The summed E-state index contributed by atoms with van der Waals surface area (Å²) in [5.74, 6) is 2.03. The maximum atomic E-state index is 13.2. The number of hydrogen-bond donors (Lipinski definition) is 2. The molecule has 2 N–H and O–H groups in total. The number of carbonyl (C=O) groups excluding carboxylic acids is 1. The van der Waals surface area contributed by atoms with Crippen molar-refractivity contribution in [3.63, 3.8) is 0 Å². The highest BCUT2D eigenvalue weighted by Gasteiger charge is 2.18. The minimum absolute atomic E-state index is 0.258. The Bertz CT molecular complexity index is 1250. The van der Waals surface area contributed by atoms with Crippen LogP contribution in [0.15, 0.2) is 72.8 Å². The van der Waals surface area contributed by atoms with Crippen molar-refractivity contribution in [1.29, 1.82) is 0 Å². The number of benzene rings is 3. The molecular weight excluding hydrogens is 430 g/mol. The standard InChI is InChI=1S/C26H27N5O3/c1-18-5-4-6-21(15-18)24(32)31-26(28-17-20-9-13-23(34-3)14-10-20)29-25(30-31)27-16-19-7-11-22(33-2)12-8-19/h4-15H,16-17H2,1-3H3,(H2,27,28,29,30). The Kier molecular flexibility index (Phi) is 7.07. The highest BCUT2D eigenvalue weighted by Crippen LogP contribution is 2.17. The van der Waals surface area contributed by atoms with E-state index in [0.717, 1.165) is 28.2 Å². The van der Waals surface area contributed by atoms with Crippen molar-refractivity contribution < 1.29 is 14.3 Å². The van der Waals surface area contributed by atoms with Crippen molar-refractivity contribution in [3.05, 3.63) is 95.1 Å². The van der Waals surface area contributed by atoms with Gasteiger partial charge in [-0.25, -0.2) is 0 Å². The maximum Gasteiger partial charge on any atom is 0.281 e. The Morgan fingerprint density at radius 3 is 2.00 bits per heavy atom. The van der Waals surface area contributed by atoms with E-state index in [0.29, 0.717) is 30.5 Å². The van der Waals surface area contributed by atoms with Crippen LogP contribution < -0.4 is 20.1 Å². The second-order valence-corrected chi connectivity index (χ2v) is 7.75. The highest BCUT2D eigenvalue weighted by molar-refractivity contribution is 5.97. The molecule has 4 rings (SSSR count). The molecule has 1 aromatic heterocycles. The topological polar surface area (TPSA) is 90.3 Å². The first-order chi connectivity index (χ1) is 16.6. The van der Waals surface area contributed by atoms with E-state index in [-0.39, 0.29) is 5.91 Å². The minimum atomic E-state index is -0.258. The van der Waals surface area contributed by atoms with Gasteiger partial charge in [0.1, 0.15) is 11.5 Å². The van der Waals surface area contributed by atoms with Crippen LogP contribution in [-0.4, -0.2) is 34.9 Å². The Balaban J connectivity index is 1.54. The van der Waals surface area contributed by atoms with E-state index in [9.17, 15) is 4.79 Å². The van der Waals surface area contributed by atoms with Crippen LogP contribution in [0.1, 0.15) is 27.0 Å². The number of hydrogen-bond acceptors (Lipinski definition) is 7. The van der Waals surface area contributed by atoms with Crippen LogP contribution in [0.2, 0.25) is 0 Å². The molecule has 0 amide bonds. The smallest absolute Gasteiger partial charge is 0.281 e. The van der Waals surface area contributed by atoms with Gasteiger partial charge < -0.3 is 20.1 Å². The number of anilines is 2. The monoisotopic (exact) mass is 457 g/mol. The number of aryl methyl sites for hydroxylation is 1. The van der Waals surface area contributed by atoms with Gasteiger partial charge in [0.2, 0.25) is 11.9 Å². The van der Waals surface area contributed by atoms with Crippen LogP contribution in [-0.2, 0) is 13.1 Å². The quantitative estimate of drug-likeness (QED) is 0.382. The van der Waals surface area contributed by atoms with Gasteiger partial charge in [0.25, 0.3) is 5.91 Å². The third-order valence-electron chi connectivity index (χ3n) is 5.28. The molecule has 0 aliphatic carbocycles. The van der Waals surface area contributed by atoms with E-state index >= 15 is 0 Å². The predicted octanol–water partition coefficient (Wildman–Crippen LogP) is 4.52. The van der Waals surface area contributed by atoms with Crippen molar-refractivity contribution in [1.82, 2.24) is 14.8 Å². The molecule has 0 saturated heterocycles. The van der Waals surface area contributed by atoms with Gasteiger partial charge in [-0.05, 0) is 54.4 Å². The number of nitrogens with one attached hydrogen (secondary N) is 2. The van der Waals surface area contributed by atoms with Crippen molar-refractivity contribution in [3.8, 4) is 11.5 Å². The fourth-order valence-corrected chi connectivity index (χ4v) is 3.39. The summed E-state index contributed by atoms with van der Waals surface area (Å²) in [6.07, 6.45) is 0. The summed E-state index contributed by atoms with van der Waals surface area (Å²) >= 11 is 0. The van der Waals surface area contributed by atoms with Crippen LogP contribution in [0.25, 0.3) is 0 Å². The average molecular weight is 458 g/mol. The van der Waals surface area contributed by atoms with E-state index in [4.69, 9.17) is 9.47 Å². The molecule has 1 heterocycles. The average Bonchev–Trinajstić information content (AvgIpc) is 3.29. The second-order valence-electron chi connectivity index (χ2n) is 7.75. The number of carbonyl (C=O) groups is 1. The van der Waals surface area contributed by atoms with Crippen molar-refractivity contribution >= 4 is 17.8 Å². The molecule has 0 aliphatic heterocycles. The zero-order valence-electron chi connectivity index (χ0n) is 19.4. The molecule has 0 atom stereocenters. The summed E-state index contributed by atoms with van der Waals surface area (Å²) in [6.45, 7) is 2.93. The number of ether oxygens (including phenoxy) is 2. The van der Waals surface area contributed by atoms with Crippen LogP contribution in [0.4, 0.5) is 11.9 Å². The fraction of sp³-hybridized carbons (Fsp3) is 0.192. The molecule has 0 radical (unpaired) electrons. The van der Waals surface area contributed by atoms with Gasteiger partial charge in [-0.1, -0.05) is 42.0 Å². The largest absolute Gasteiger partial charge is 0.497 e. The number of methoxy groups -OCH3 is 2. The Morgan fingerprint density at radius 1 is 0.853 bits per heavy atom. The molecular formula is C26H27N5O3. The predicted molar refractivity (Wildman–Crippen MR) is 132 cm³/mol. The van der Waals surface area contributed by atoms with E-state index in [2.05, 4.69) is 20.7 Å². The van der Waals surface area contributed by atoms with E-state index in [1.807, 2.05) is 73.7 Å². The van der Waals surface area contributed by atoms with Crippen LogP contribution in [0.5, 0.6) is 11.5 Å². The minimum Gasteiger partial charge on any atom is -0.497 e. The molecule has 4 aromatic rings. The van der Waals surface area contributed by atoms with Crippen LogP contribution in [0, 0.1) is 6.92 Å². The van der Waals surface area contributed by atoms with Gasteiger partial charge in [0, 0.05) is 18.7 Å². The summed E-state index contributed by atoms with van der Waals surface area (Å²) in [7, 11) is 3.27. The first kappa shape index (κ1) is 22.8. The molecule has 174 valence electrons. The fourth-order valence-electron chi connectivity index (χ4n) is 3.39. The molecule has 0 saturated carbocycles.